The second-order valence-electron chi connectivity index (χ2n) is 4.86. The van der Waals surface area contributed by atoms with Crippen molar-refractivity contribution in [1.29, 1.82) is 0 Å². The number of hydrogen-bond acceptors (Lipinski definition) is 1. The van der Waals surface area contributed by atoms with E-state index in [1.54, 1.807) is 0 Å². The molecule has 1 nitrogen and oxygen atoms in total. The van der Waals surface area contributed by atoms with Gasteiger partial charge in [-0.2, -0.15) is 0 Å². The lowest BCUT2D eigenvalue weighted by Crippen LogP contribution is -2.21. The Bertz CT molecular complexity index is 313. The zero-order valence-electron chi connectivity index (χ0n) is 9.02. The van der Waals surface area contributed by atoms with Crippen LogP contribution in [0, 0.1) is 11.8 Å². The number of nitrogens with zero attached hydrogens (tertiary/aromatic N) is 1. The van der Waals surface area contributed by atoms with Gasteiger partial charge < -0.3 is 0 Å². The van der Waals surface area contributed by atoms with Crippen molar-refractivity contribution in [2.45, 2.75) is 6.54 Å². The Balaban J connectivity index is 1.62. The predicted octanol–water partition coefficient (Wildman–Crippen LogP) is 2.43. The molecule has 1 aromatic carbocycles. The van der Waals surface area contributed by atoms with Crippen LogP contribution in [0.2, 0.25) is 0 Å². The first-order chi connectivity index (χ1) is 7.42. The Morgan fingerprint density at radius 1 is 1.07 bits per heavy atom. The molecule has 2 aliphatic rings. The van der Waals surface area contributed by atoms with Crippen LogP contribution in [0.5, 0.6) is 0 Å². The van der Waals surface area contributed by atoms with Crippen LogP contribution in [-0.2, 0) is 6.54 Å². The number of fused-ring (bicyclic) bond motifs is 1. The lowest BCUT2D eigenvalue weighted by atomic mass is 10.0. The molecule has 2 heteroatoms. The van der Waals surface area contributed by atoms with Gasteiger partial charge in [0.05, 0.1) is 0 Å². The highest BCUT2D eigenvalue weighted by atomic mass is 31.1. The van der Waals surface area contributed by atoms with Gasteiger partial charge in [-0.15, -0.1) is 8.58 Å². The van der Waals surface area contributed by atoms with Gasteiger partial charge in [0.25, 0.3) is 0 Å². The minimum Gasteiger partial charge on any atom is -0.298 e. The quantitative estimate of drug-likeness (QED) is 0.690. The van der Waals surface area contributed by atoms with E-state index in [1.807, 2.05) is 0 Å². The molecule has 1 unspecified atom stereocenters. The van der Waals surface area contributed by atoms with Crippen molar-refractivity contribution in [2.24, 2.45) is 11.8 Å². The van der Waals surface area contributed by atoms with E-state index in [4.69, 9.17) is 0 Å². The van der Waals surface area contributed by atoms with Gasteiger partial charge >= 0.3 is 0 Å². The van der Waals surface area contributed by atoms with Crippen molar-refractivity contribution in [3.8, 4) is 0 Å². The van der Waals surface area contributed by atoms with Gasteiger partial charge in [0.15, 0.2) is 0 Å². The Labute approximate surface area is 93.6 Å². The maximum atomic E-state index is 2.65. The smallest absolute Gasteiger partial charge is 0.0233 e. The highest BCUT2D eigenvalue weighted by molar-refractivity contribution is 7.38. The molecular weight excluding hydrogens is 201 g/mol. The van der Waals surface area contributed by atoms with Crippen LogP contribution < -0.4 is 0 Å². The number of hydrogen-bond donors (Lipinski definition) is 0. The second kappa shape index (κ2) is 4.23. The molecule has 2 heterocycles. The maximum absolute atomic E-state index is 2.65. The standard InChI is InChI=1S/C13H18NP/c1-2-4-11(5-3-1)6-14-7-12-9-15-10-13(12)8-14/h1-5,12-13,15H,6-10H2/t12-,13+. The molecule has 15 heavy (non-hydrogen) atoms. The summed E-state index contributed by atoms with van der Waals surface area (Å²) in [5, 5.41) is 0. The molecule has 0 bridgehead atoms. The van der Waals surface area contributed by atoms with Gasteiger partial charge in [-0.05, 0) is 29.7 Å². The van der Waals surface area contributed by atoms with E-state index in [0.29, 0.717) is 0 Å². The normalized spacial score (nSPS) is 32.3. The first kappa shape index (κ1) is 9.81. The maximum Gasteiger partial charge on any atom is 0.0233 e. The van der Waals surface area contributed by atoms with E-state index < -0.39 is 0 Å². The van der Waals surface area contributed by atoms with Crippen molar-refractivity contribution in [2.75, 3.05) is 25.4 Å². The van der Waals surface area contributed by atoms with Crippen molar-refractivity contribution in [3.63, 3.8) is 0 Å². The van der Waals surface area contributed by atoms with Crippen LogP contribution in [0.15, 0.2) is 30.3 Å². The van der Waals surface area contributed by atoms with Gasteiger partial charge in [0.2, 0.25) is 0 Å². The average Bonchev–Trinajstić information content (AvgIpc) is 2.79. The first-order valence-electron chi connectivity index (χ1n) is 5.89. The van der Waals surface area contributed by atoms with Gasteiger partial charge in [0, 0.05) is 19.6 Å². The molecule has 0 N–H and O–H groups in total. The summed E-state index contributed by atoms with van der Waals surface area (Å²) in [6.07, 6.45) is 3.02. The van der Waals surface area contributed by atoms with Gasteiger partial charge in [-0.1, -0.05) is 30.3 Å². The minimum absolute atomic E-state index is 1.03. The molecule has 2 fully saturated rings. The average molecular weight is 219 g/mol. The highest BCUT2D eigenvalue weighted by Crippen LogP contribution is 2.39. The fourth-order valence-corrected chi connectivity index (χ4v) is 4.76. The fourth-order valence-electron chi connectivity index (χ4n) is 2.92. The van der Waals surface area contributed by atoms with Crippen LogP contribution >= 0.6 is 8.58 Å². The summed E-state index contributed by atoms with van der Waals surface area (Å²) < 4.78 is 0. The van der Waals surface area contributed by atoms with E-state index in [0.717, 1.165) is 18.4 Å². The second-order valence-corrected chi connectivity index (χ2v) is 6.17. The van der Waals surface area contributed by atoms with Crippen LogP contribution in [0.4, 0.5) is 0 Å². The third-order valence-corrected chi connectivity index (χ3v) is 5.34. The molecule has 3 atom stereocenters. The molecule has 0 radical (unpaired) electrons. The number of likely N-dealkylation sites (tertiary alicyclic amines) is 1. The van der Waals surface area contributed by atoms with E-state index in [9.17, 15) is 0 Å². The Hall–Kier alpha value is -0.390. The lowest BCUT2D eigenvalue weighted by molar-refractivity contribution is 0.316. The summed E-state index contributed by atoms with van der Waals surface area (Å²) in [6.45, 7) is 3.87. The van der Waals surface area contributed by atoms with E-state index in [2.05, 4.69) is 35.2 Å². The van der Waals surface area contributed by atoms with E-state index in [-0.39, 0.29) is 0 Å². The summed E-state index contributed by atoms with van der Waals surface area (Å²) in [6, 6.07) is 10.9. The number of benzene rings is 1. The molecule has 2 aliphatic heterocycles. The minimum atomic E-state index is 1.03. The fraction of sp³-hybridized carbons (Fsp3) is 0.538. The summed E-state index contributed by atoms with van der Waals surface area (Å²) in [4.78, 5) is 2.65. The SMILES string of the molecule is c1ccc(CN2C[C@H]3CPC[C@H]3C2)cc1. The summed E-state index contributed by atoms with van der Waals surface area (Å²) in [5.41, 5.74) is 1.47. The topological polar surface area (TPSA) is 3.24 Å². The first-order valence-corrected chi connectivity index (χ1v) is 7.30. The molecule has 1 aromatic rings. The van der Waals surface area contributed by atoms with E-state index in [1.165, 1.54) is 39.6 Å². The third-order valence-electron chi connectivity index (χ3n) is 3.71. The largest absolute Gasteiger partial charge is 0.298 e. The molecule has 0 aliphatic carbocycles. The van der Waals surface area contributed by atoms with Gasteiger partial charge in [0.1, 0.15) is 0 Å². The lowest BCUT2D eigenvalue weighted by Gasteiger charge is -2.16. The zero-order valence-corrected chi connectivity index (χ0v) is 10.0. The molecular formula is C13H18NP. The third kappa shape index (κ3) is 2.09. The highest BCUT2D eigenvalue weighted by Gasteiger charge is 2.35. The van der Waals surface area contributed by atoms with Crippen LogP contribution in [0.1, 0.15) is 5.56 Å². The van der Waals surface area contributed by atoms with Crippen molar-refractivity contribution >= 4 is 8.58 Å². The van der Waals surface area contributed by atoms with E-state index >= 15 is 0 Å². The molecule has 2 saturated heterocycles. The Morgan fingerprint density at radius 3 is 2.40 bits per heavy atom. The summed E-state index contributed by atoms with van der Waals surface area (Å²) in [7, 11) is 1.26. The van der Waals surface area contributed by atoms with Crippen LogP contribution in [0.3, 0.4) is 0 Å². The molecule has 0 aromatic heterocycles. The molecule has 80 valence electrons. The van der Waals surface area contributed by atoms with Crippen molar-refractivity contribution in [3.05, 3.63) is 35.9 Å². The Kier molecular flexibility index (Phi) is 2.77. The van der Waals surface area contributed by atoms with Crippen molar-refractivity contribution < 1.29 is 0 Å². The van der Waals surface area contributed by atoms with Gasteiger partial charge in [-0.3, -0.25) is 4.90 Å². The van der Waals surface area contributed by atoms with Crippen LogP contribution in [-0.4, -0.2) is 30.3 Å². The zero-order chi connectivity index (χ0) is 10.1. The monoisotopic (exact) mass is 219 g/mol. The molecule has 0 saturated carbocycles. The Morgan fingerprint density at radius 2 is 1.73 bits per heavy atom. The predicted molar refractivity (Wildman–Crippen MR) is 66.7 cm³/mol. The van der Waals surface area contributed by atoms with Gasteiger partial charge in [-0.25, -0.2) is 0 Å². The number of rotatable bonds is 2. The molecule has 0 amide bonds. The molecule has 3 rings (SSSR count). The summed E-state index contributed by atoms with van der Waals surface area (Å²) in [5.74, 6) is 2.07. The summed E-state index contributed by atoms with van der Waals surface area (Å²) >= 11 is 0. The van der Waals surface area contributed by atoms with Crippen LogP contribution in [0.25, 0.3) is 0 Å². The molecule has 0 spiro atoms. The van der Waals surface area contributed by atoms with Crippen molar-refractivity contribution in [1.82, 2.24) is 4.90 Å².